The van der Waals surface area contributed by atoms with E-state index in [-0.39, 0.29) is 12.2 Å². The van der Waals surface area contributed by atoms with E-state index in [1.54, 1.807) is 14.2 Å². The molecule has 1 aliphatic rings. The topological polar surface area (TPSA) is 38.7 Å². The summed E-state index contributed by atoms with van der Waals surface area (Å²) < 4.78 is 10.8. The van der Waals surface area contributed by atoms with Crippen LogP contribution in [0.1, 0.15) is 44.1 Å². The number of aryl methyl sites for hydroxylation is 1. The van der Waals surface area contributed by atoms with Crippen LogP contribution in [0.15, 0.2) is 24.3 Å². The van der Waals surface area contributed by atoms with Gasteiger partial charge in [0.1, 0.15) is 5.75 Å². The number of ether oxygens (including phenoxy) is 2. The molecule has 118 valence electrons. The van der Waals surface area contributed by atoms with E-state index in [1.807, 2.05) is 12.1 Å². The van der Waals surface area contributed by atoms with Gasteiger partial charge in [-0.2, -0.15) is 0 Å². The SMILES string of the molecule is COc1ccc(CCC(O)C(OC)C2CCCCC2)cc1. The fourth-order valence-electron chi connectivity index (χ4n) is 3.40. The van der Waals surface area contributed by atoms with E-state index in [1.165, 1.54) is 37.7 Å². The Balaban J connectivity index is 1.84. The van der Waals surface area contributed by atoms with Crippen molar-refractivity contribution in [2.45, 2.75) is 57.2 Å². The van der Waals surface area contributed by atoms with E-state index in [2.05, 4.69) is 12.1 Å². The fourth-order valence-corrected chi connectivity index (χ4v) is 3.40. The molecule has 0 spiro atoms. The minimum Gasteiger partial charge on any atom is -0.497 e. The van der Waals surface area contributed by atoms with Crippen molar-refractivity contribution in [2.24, 2.45) is 5.92 Å². The molecule has 1 aromatic carbocycles. The predicted molar refractivity (Wildman–Crippen MR) is 84.7 cm³/mol. The highest BCUT2D eigenvalue weighted by Crippen LogP contribution is 2.30. The lowest BCUT2D eigenvalue weighted by atomic mass is 9.82. The molecule has 1 saturated carbocycles. The van der Waals surface area contributed by atoms with Crippen LogP contribution < -0.4 is 4.74 Å². The van der Waals surface area contributed by atoms with Gasteiger partial charge in [0.2, 0.25) is 0 Å². The molecule has 1 aromatic rings. The van der Waals surface area contributed by atoms with Gasteiger partial charge in [0.15, 0.2) is 0 Å². The van der Waals surface area contributed by atoms with E-state index < -0.39 is 0 Å². The minimum atomic E-state index is -0.375. The smallest absolute Gasteiger partial charge is 0.118 e. The third kappa shape index (κ3) is 4.72. The Morgan fingerprint density at radius 3 is 2.33 bits per heavy atom. The monoisotopic (exact) mass is 292 g/mol. The first-order valence-corrected chi connectivity index (χ1v) is 8.08. The molecule has 3 nitrogen and oxygen atoms in total. The molecule has 2 unspecified atom stereocenters. The predicted octanol–water partition coefficient (Wildman–Crippen LogP) is 3.58. The van der Waals surface area contributed by atoms with Crippen LogP contribution in [-0.2, 0) is 11.2 Å². The van der Waals surface area contributed by atoms with Crippen LogP contribution in [0, 0.1) is 5.92 Å². The zero-order valence-corrected chi connectivity index (χ0v) is 13.3. The van der Waals surface area contributed by atoms with Crippen LogP contribution in [0.4, 0.5) is 0 Å². The summed E-state index contributed by atoms with van der Waals surface area (Å²) >= 11 is 0. The van der Waals surface area contributed by atoms with Gasteiger partial charge in [-0.25, -0.2) is 0 Å². The summed E-state index contributed by atoms with van der Waals surface area (Å²) in [4.78, 5) is 0. The zero-order chi connectivity index (χ0) is 15.1. The number of aliphatic hydroxyl groups excluding tert-OH is 1. The lowest BCUT2D eigenvalue weighted by Gasteiger charge is -2.32. The first-order valence-electron chi connectivity index (χ1n) is 8.08. The van der Waals surface area contributed by atoms with Crippen molar-refractivity contribution < 1.29 is 14.6 Å². The van der Waals surface area contributed by atoms with Crippen molar-refractivity contribution in [2.75, 3.05) is 14.2 Å². The summed E-state index contributed by atoms with van der Waals surface area (Å²) in [6.45, 7) is 0. The molecule has 0 heterocycles. The van der Waals surface area contributed by atoms with Crippen molar-refractivity contribution in [1.29, 1.82) is 0 Å². The maximum absolute atomic E-state index is 10.5. The first kappa shape index (κ1) is 16.3. The number of hydrogen-bond acceptors (Lipinski definition) is 3. The molecule has 1 N–H and O–H groups in total. The Morgan fingerprint density at radius 2 is 1.76 bits per heavy atom. The first-order chi connectivity index (χ1) is 10.2. The Kier molecular flexibility index (Phi) is 6.52. The Labute approximate surface area is 128 Å². The van der Waals surface area contributed by atoms with E-state index in [0.29, 0.717) is 5.92 Å². The fraction of sp³-hybridized carbons (Fsp3) is 0.667. The Bertz CT molecular complexity index is 395. The average Bonchev–Trinajstić information content (AvgIpc) is 2.55. The second-order valence-electron chi connectivity index (χ2n) is 6.05. The summed E-state index contributed by atoms with van der Waals surface area (Å²) in [6.07, 6.45) is 7.50. The highest BCUT2D eigenvalue weighted by molar-refractivity contribution is 5.27. The van der Waals surface area contributed by atoms with E-state index in [4.69, 9.17) is 9.47 Å². The normalized spacial score (nSPS) is 19.2. The molecule has 1 fully saturated rings. The van der Waals surface area contributed by atoms with Gasteiger partial charge in [-0.15, -0.1) is 0 Å². The molecule has 0 amide bonds. The molecule has 0 radical (unpaired) electrons. The molecular formula is C18H28O3. The molecule has 21 heavy (non-hydrogen) atoms. The van der Waals surface area contributed by atoms with Gasteiger partial charge in [-0.3, -0.25) is 0 Å². The van der Waals surface area contributed by atoms with Crippen LogP contribution in [0.5, 0.6) is 5.75 Å². The van der Waals surface area contributed by atoms with Crippen LogP contribution in [0.3, 0.4) is 0 Å². The number of hydrogen-bond donors (Lipinski definition) is 1. The highest BCUT2D eigenvalue weighted by Gasteiger charge is 2.29. The van der Waals surface area contributed by atoms with Gasteiger partial charge >= 0.3 is 0 Å². The van der Waals surface area contributed by atoms with Crippen LogP contribution in [0.25, 0.3) is 0 Å². The van der Waals surface area contributed by atoms with Crippen LogP contribution in [-0.4, -0.2) is 31.5 Å². The Morgan fingerprint density at radius 1 is 1.10 bits per heavy atom. The molecular weight excluding hydrogens is 264 g/mol. The van der Waals surface area contributed by atoms with Crippen LogP contribution >= 0.6 is 0 Å². The third-order valence-electron chi connectivity index (χ3n) is 4.65. The average molecular weight is 292 g/mol. The summed E-state index contributed by atoms with van der Waals surface area (Å²) in [5.74, 6) is 1.39. The van der Waals surface area contributed by atoms with Crippen molar-refractivity contribution in [3.8, 4) is 5.75 Å². The molecule has 1 aliphatic carbocycles. The maximum atomic E-state index is 10.5. The van der Waals surface area contributed by atoms with Crippen molar-refractivity contribution >= 4 is 0 Å². The van der Waals surface area contributed by atoms with E-state index >= 15 is 0 Å². The molecule has 3 heteroatoms. The lowest BCUT2D eigenvalue weighted by molar-refractivity contribution is -0.0568. The van der Waals surface area contributed by atoms with Crippen molar-refractivity contribution in [3.63, 3.8) is 0 Å². The van der Waals surface area contributed by atoms with E-state index in [9.17, 15) is 5.11 Å². The maximum Gasteiger partial charge on any atom is 0.118 e. The molecule has 2 rings (SSSR count). The summed E-state index contributed by atoms with van der Waals surface area (Å²) in [5, 5.41) is 10.5. The minimum absolute atomic E-state index is 0.0106. The second kappa shape index (κ2) is 8.40. The second-order valence-corrected chi connectivity index (χ2v) is 6.05. The lowest BCUT2D eigenvalue weighted by Crippen LogP contribution is -2.36. The third-order valence-corrected chi connectivity index (χ3v) is 4.65. The number of benzene rings is 1. The van der Waals surface area contributed by atoms with Gasteiger partial charge < -0.3 is 14.6 Å². The van der Waals surface area contributed by atoms with Gasteiger partial charge in [0, 0.05) is 7.11 Å². The van der Waals surface area contributed by atoms with Gasteiger partial charge in [-0.1, -0.05) is 31.4 Å². The van der Waals surface area contributed by atoms with Crippen molar-refractivity contribution in [3.05, 3.63) is 29.8 Å². The number of aliphatic hydroxyl groups is 1. The van der Waals surface area contributed by atoms with E-state index in [0.717, 1.165) is 18.6 Å². The molecule has 0 saturated heterocycles. The summed E-state index contributed by atoms with van der Waals surface area (Å²) in [6, 6.07) is 8.06. The summed E-state index contributed by atoms with van der Waals surface area (Å²) in [5.41, 5.74) is 1.23. The largest absolute Gasteiger partial charge is 0.497 e. The van der Waals surface area contributed by atoms with Gasteiger partial charge in [-0.05, 0) is 49.3 Å². The highest BCUT2D eigenvalue weighted by atomic mass is 16.5. The number of methoxy groups -OCH3 is 2. The number of rotatable bonds is 7. The van der Waals surface area contributed by atoms with Gasteiger partial charge in [0.25, 0.3) is 0 Å². The molecule has 0 aromatic heterocycles. The molecule has 2 atom stereocenters. The zero-order valence-electron chi connectivity index (χ0n) is 13.3. The quantitative estimate of drug-likeness (QED) is 0.835. The van der Waals surface area contributed by atoms with Gasteiger partial charge in [0.05, 0.1) is 19.3 Å². The molecule has 0 aliphatic heterocycles. The van der Waals surface area contributed by atoms with Crippen molar-refractivity contribution in [1.82, 2.24) is 0 Å². The van der Waals surface area contributed by atoms with Crippen LogP contribution in [0.2, 0.25) is 0 Å². The summed E-state index contributed by atoms with van der Waals surface area (Å²) in [7, 11) is 3.40. The standard InChI is InChI=1S/C18H28O3/c1-20-16-11-8-14(9-12-16)10-13-17(19)18(21-2)15-6-4-3-5-7-15/h8-9,11-12,15,17-19H,3-7,10,13H2,1-2H3. The molecule has 0 bridgehead atoms. The Hall–Kier alpha value is -1.06.